The Morgan fingerprint density at radius 1 is 0.500 bits per heavy atom. The van der Waals surface area contributed by atoms with Gasteiger partial charge in [-0.05, 0) is 73.4 Å². The van der Waals surface area contributed by atoms with Crippen molar-refractivity contribution in [3.8, 4) is 5.75 Å². The lowest BCUT2D eigenvalue weighted by molar-refractivity contribution is 0.415. The molecule has 0 aliphatic carbocycles. The first-order chi connectivity index (χ1) is 17.7. The molecule has 0 spiro atoms. The summed E-state index contributed by atoms with van der Waals surface area (Å²) in [5.41, 5.74) is 0. The molecule has 36 heavy (non-hydrogen) atoms. The van der Waals surface area contributed by atoms with Crippen molar-refractivity contribution in [2.75, 3.05) is 7.11 Å². The number of fused-ring (bicyclic) bond motifs is 2. The molecule has 0 amide bonds. The molecular weight excluding hydrogens is 459 g/mol. The van der Waals surface area contributed by atoms with E-state index in [1.807, 2.05) is 54.6 Å². The second kappa shape index (κ2) is 7.95. The Bertz CT molecular complexity index is 1890. The summed E-state index contributed by atoms with van der Waals surface area (Å²) < 4.78 is 20.7. The van der Waals surface area contributed by atoms with Gasteiger partial charge in [-0.3, -0.25) is 0 Å². The summed E-state index contributed by atoms with van der Waals surface area (Å²) in [6.07, 6.45) is 0. The Kier molecular flexibility index (Phi) is 4.67. The van der Waals surface area contributed by atoms with Crippen LogP contribution in [0.5, 0.6) is 5.75 Å². The maximum Gasteiger partial charge on any atom is 0.171 e. The highest BCUT2D eigenvalue weighted by atomic mass is 31.2. The van der Waals surface area contributed by atoms with Crippen LogP contribution in [0.15, 0.2) is 121 Å². The summed E-state index contributed by atoms with van der Waals surface area (Å²) in [5.74, 6) is 0.750. The molecule has 0 radical (unpaired) electrons. The quantitative estimate of drug-likeness (QED) is 0.149. The molecule has 0 saturated carbocycles. The molecule has 0 fully saturated rings. The first-order valence-electron chi connectivity index (χ1n) is 12.1. The van der Waals surface area contributed by atoms with Crippen molar-refractivity contribution in [3.05, 3.63) is 121 Å². The highest BCUT2D eigenvalue weighted by Gasteiger charge is 2.32. The van der Waals surface area contributed by atoms with Crippen molar-refractivity contribution in [1.29, 1.82) is 0 Å². The summed E-state index contributed by atoms with van der Waals surface area (Å²) in [4.78, 5) is 0. The number of hydrogen-bond donors (Lipinski definition) is 0. The molecule has 0 aliphatic heterocycles. The molecule has 172 valence electrons. The van der Waals surface area contributed by atoms with Crippen LogP contribution in [0.1, 0.15) is 0 Å². The smallest absolute Gasteiger partial charge is 0.171 e. The number of hydrogen-bond acceptors (Lipinski definition) is 2. The van der Waals surface area contributed by atoms with Crippen molar-refractivity contribution in [2.24, 2.45) is 0 Å². The Labute approximate surface area is 209 Å². The third-order valence-electron chi connectivity index (χ3n) is 7.40. The Hall–Kier alpha value is -4.13. The number of benzene rings is 7. The third-order valence-corrected chi connectivity index (χ3v) is 10.5. The van der Waals surface area contributed by atoms with Crippen LogP contribution in [-0.2, 0) is 4.57 Å². The first-order valence-corrected chi connectivity index (χ1v) is 13.8. The standard InChI is InChI=1S/C33H23O2P/c1-35-23-16-18-25(19-17-23)36(34,24-10-3-2-4-11-24)31-21-20-29-27-13-6-9-22-8-5-12-26(32(22)27)28-14-7-15-30(31)33(28)29/h2-21H,1H3. The van der Waals surface area contributed by atoms with Gasteiger partial charge in [-0.2, -0.15) is 0 Å². The van der Waals surface area contributed by atoms with Gasteiger partial charge >= 0.3 is 0 Å². The molecule has 7 aromatic carbocycles. The minimum atomic E-state index is -3.18. The molecule has 2 nitrogen and oxygen atoms in total. The zero-order chi connectivity index (χ0) is 24.3. The molecule has 0 bridgehead atoms. The molecule has 7 rings (SSSR count). The van der Waals surface area contributed by atoms with E-state index in [4.69, 9.17) is 4.74 Å². The van der Waals surface area contributed by atoms with Crippen molar-refractivity contribution >= 4 is 66.1 Å². The molecule has 3 heteroatoms. The van der Waals surface area contributed by atoms with Crippen LogP contribution in [-0.4, -0.2) is 7.11 Å². The maximum absolute atomic E-state index is 15.4. The van der Waals surface area contributed by atoms with E-state index in [2.05, 4.69) is 66.7 Å². The predicted octanol–water partition coefficient (Wildman–Crippen LogP) is 7.39. The van der Waals surface area contributed by atoms with Crippen molar-refractivity contribution in [1.82, 2.24) is 0 Å². The predicted molar refractivity (Wildman–Crippen MR) is 154 cm³/mol. The van der Waals surface area contributed by atoms with Gasteiger partial charge in [-0.15, -0.1) is 0 Å². The second-order valence-electron chi connectivity index (χ2n) is 9.21. The van der Waals surface area contributed by atoms with E-state index >= 15 is 4.57 Å². The van der Waals surface area contributed by atoms with E-state index < -0.39 is 7.14 Å². The summed E-state index contributed by atoms with van der Waals surface area (Å²) >= 11 is 0. The lowest BCUT2D eigenvalue weighted by atomic mass is 9.90. The monoisotopic (exact) mass is 482 g/mol. The van der Waals surface area contributed by atoms with Crippen molar-refractivity contribution in [2.45, 2.75) is 0 Å². The fourth-order valence-corrected chi connectivity index (χ4v) is 8.59. The lowest BCUT2D eigenvalue weighted by Crippen LogP contribution is -2.25. The first kappa shape index (κ1) is 21.2. The van der Waals surface area contributed by atoms with E-state index in [9.17, 15) is 0 Å². The van der Waals surface area contributed by atoms with E-state index in [-0.39, 0.29) is 0 Å². The number of rotatable bonds is 4. The molecule has 1 atom stereocenters. The molecule has 0 N–H and O–H groups in total. The second-order valence-corrected chi connectivity index (χ2v) is 11.9. The SMILES string of the molecule is COc1ccc(P(=O)(c2ccccc2)c2ccc3c4cccc5cccc(c6cccc2c63)c54)cc1. The van der Waals surface area contributed by atoms with Gasteiger partial charge in [0, 0.05) is 15.9 Å². The highest BCUT2D eigenvalue weighted by Crippen LogP contribution is 2.47. The number of methoxy groups -OCH3 is 1. The minimum absolute atomic E-state index is 0.750. The summed E-state index contributed by atoms with van der Waals surface area (Å²) in [6, 6.07) is 41.2. The highest BCUT2D eigenvalue weighted by molar-refractivity contribution is 7.85. The number of ether oxygens (including phenoxy) is 1. The van der Waals surface area contributed by atoms with Gasteiger partial charge in [0.2, 0.25) is 0 Å². The fourth-order valence-electron chi connectivity index (χ4n) is 5.76. The molecule has 7 aromatic rings. The van der Waals surface area contributed by atoms with Crippen molar-refractivity contribution < 1.29 is 9.30 Å². The summed E-state index contributed by atoms with van der Waals surface area (Å²) in [6.45, 7) is 0. The Morgan fingerprint density at radius 3 is 1.72 bits per heavy atom. The van der Waals surface area contributed by atoms with Crippen LogP contribution in [0.25, 0.3) is 43.1 Å². The zero-order valence-electron chi connectivity index (χ0n) is 19.8. The summed E-state index contributed by atoms with van der Waals surface area (Å²) in [7, 11) is -1.53. The van der Waals surface area contributed by atoms with E-state index in [1.54, 1.807) is 7.11 Å². The van der Waals surface area contributed by atoms with Crippen LogP contribution in [0, 0.1) is 0 Å². The van der Waals surface area contributed by atoms with Crippen LogP contribution in [0.2, 0.25) is 0 Å². The Balaban J connectivity index is 1.64. The van der Waals surface area contributed by atoms with Gasteiger partial charge in [-0.1, -0.05) is 91.0 Å². The van der Waals surface area contributed by atoms with E-state index in [0.29, 0.717) is 0 Å². The van der Waals surface area contributed by atoms with E-state index in [0.717, 1.165) is 27.0 Å². The molecule has 0 heterocycles. The molecule has 1 unspecified atom stereocenters. The fraction of sp³-hybridized carbons (Fsp3) is 0.0303. The van der Waals surface area contributed by atoms with Gasteiger partial charge < -0.3 is 9.30 Å². The zero-order valence-corrected chi connectivity index (χ0v) is 20.7. The van der Waals surface area contributed by atoms with Gasteiger partial charge in [0.05, 0.1) is 7.11 Å². The van der Waals surface area contributed by atoms with Gasteiger partial charge in [-0.25, -0.2) is 0 Å². The van der Waals surface area contributed by atoms with Crippen LogP contribution in [0.3, 0.4) is 0 Å². The summed E-state index contributed by atoms with van der Waals surface area (Å²) in [5, 5.41) is 12.1. The maximum atomic E-state index is 15.4. The third kappa shape index (κ3) is 2.89. The molecule has 0 aromatic heterocycles. The topological polar surface area (TPSA) is 26.3 Å². The Morgan fingerprint density at radius 2 is 1.06 bits per heavy atom. The normalized spacial score (nSPS) is 13.5. The van der Waals surface area contributed by atoms with Gasteiger partial charge in [0.15, 0.2) is 7.14 Å². The van der Waals surface area contributed by atoms with Crippen LogP contribution in [0.4, 0.5) is 0 Å². The van der Waals surface area contributed by atoms with Crippen molar-refractivity contribution in [3.63, 3.8) is 0 Å². The largest absolute Gasteiger partial charge is 0.497 e. The molecule has 0 aliphatic rings. The average molecular weight is 483 g/mol. The minimum Gasteiger partial charge on any atom is -0.497 e. The van der Waals surface area contributed by atoms with E-state index in [1.165, 1.54) is 37.7 Å². The van der Waals surface area contributed by atoms with Gasteiger partial charge in [0.1, 0.15) is 5.75 Å². The lowest BCUT2D eigenvalue weighted by Gasteiger charge is -2.23. The van der Waals surface area contributed by atoms with Crippen LogP contribution >= 0.6 is 7.14 Å². The van der Waals surface area contributed by atoms with Crippen LogP contribution < -0.4 is 20.7 Å². The van der Waals surface area contributed by atoms with Gasteiger partial charge in [0.25, 0.3) is 0 Å². The molecular formula is C33H23O2P. The molecule has 0 saturated heterocycles. The average Bonchev–Trinajstić information content (AvgIpc) is 2.95.